The molecule has 0 bridgehead atoms. The maximum absolute atomic E-state index is 6.22. The van der Waals surface area contributed by atoms with Gasteiger partial charge in [0.2, 0.25) is 0 Å². The third-order valence-electron chi connectivity index (χ3n) is 3.34. The molecule has 0 heterocycles. The Bertz CT molecular complexity index is 354. The highest BCUT2D eigenvalue weighted by Crippen LogP contribution is 2.18. The second kappa shape index (κ2) is 8.54. The molecule has 0 spiro atoms. The highest BCUT2D eigenvalue weighted by Gasteiger charge is 2.12. The molecule has 0 fully saturated rings. The van der Waals surface area contributed by atoms with Gasteiger partial charge in [0.1, 0.15) is 0 Å². The SMILES string of the molecule is COCCN(CCC(N)c1ccc(Cl)cc1)C(C)C. The fraction of sp³-hybridized carbons (Fsp3) is 0.600. The van der Waals surface area contributed by atoms with Gasteiger partial charge in [-0.15, -0.1) is 0 Å². The molecule has 1 aromatic carbocycles. The van der Waals surface area contributed by atoms with Crippen LogP contribution in [0.1, 0.15) is 31.9 Å². The number of nitrogens with two attached hydrogens (primary N) is 1. The van der Waals surface area contributed by atoms with Gasteiger partial charge in [-0.3, -0.25) is 4.90 Å². The van der Waals surface area contributed by atoms with E-state index in [4.69, 9.17) is 22.1 Å². The molecule has 1 unspecified atom stereocenters. The van der Waals surface area contributed by atoms with Crippen LogP contribution in [0.25, 0.3) is 0 Å². The van der Waals surface area contributed by atoms with Crippen molar-refractivity contribution in [1.82, 2.24) is 4.90 Å². The van der Waals surface area contributed by atoms with Gasteiger partial charge in [-0.25, -0.2) is 0 Å². The van der Waals surface area contributed by atoms with E-state index < -0.39 is 0 Å². The molecule has 2 N–H and O–H groups in total. The molecule has 0 amide bonds. The molecule has 19 heavy (non-hydrogen) atoms. The first kappa shape index (κ1) is 16.4. The van der Waals surface area contributed by atoms with Crippen LogP contribution in [0.5, 0.6) is 0 Å². The first-order chi connectivity index (χ1) is 9.04. The molecule has 1 aromatic rings. The molecule has 0 saturated heterocycles. The van der Waals surface area contributed by atoms with Gasteiger partial charge < -0.3 is 10.5 Å². The van der Waals surface area contributed by atoms with Gasteiger partial charge in [0.05, 0.1) is 6.61 Å². The second-order valence-electron chi connectivity index (χ2n) is 5.07. The van der Waals surface area contributed by atoms with Crippen molar-refractivity contribution in [2.45, 2.75) is 32.4 Å². The molecule has 0 aliphatic carbocycles. The number of halogens is 1. The third-order valence-corrected chi connectivity index (χ3v) is 3.59. The lowest BCUT2D eigenvalue weighted by Crippen LogP contribution is -2.36. The van der Waals surface area contributed by atoms with Crippen LogP contribution in [-0.4, -0.2) is 37.7 Å². The van der Waals surface area contributed by atoms with E-state index in [2.05, 4.69) is 18.7 Å². The Kier molecular flexibility index (Phi) is 7.39. The molecule has 0 aromatic heterocycles. The summed E-state index contributed by atoms with van der Waals surface area (Å²) in [5, 5.41) is 0.750. The number of benzene rings is 1. The van der Waals surface area contributed by atoms with Gasteiger partial charge in [-0.1, -0.05) is 23.7 Å². The van der Waals surface area contributed by atoms with E-state index in [1.807, 2.05) is 24.3 Å². The summed E-state index contributed by atoms with van der Waals surface area (Å²) in [6.07, 6.45) is 0.934. The maximum Gasteiger partial charge on any atom is 0.0589 e. The van der Waals surface area contributed by atoms with Crippen molar-refractivity contribution in [3.8, 4) is 0 Å². The highest BCUT2D eigenvalue weighted by molar-refractivity contribution is 6.30. The predicted octanol–water partition coefficient (Wildman–Crippen LogP) is 3.09. The van der Waals surface area contributed by atoms with E-state index in [0.717, 1.165) is 36.7 Å². The summed E-state index contributed by atoms with van der Waals surface area (Å²) in [6.45, 7) is 7.08. The number of nitrogens with zero attached hydrogens (tertiary/aromatic N) is 1. The minimum absolute atomic E-state index is 0.0565. The minimum atomic E-state index is 0.0565. The molecular formula is C15H25ClN2O. The first-order valence-corrected chi connectivity index (χ1v) is 7.16. The average Bonchev–Trinajstić information content (AvgIpc) is 2.39. The molecule has 0 radical (unpaired) electrons. The maximum atomic E-state index is 6.22. The largest absolute Gasteiger partial charge is 0.383 e. The Morgan fingerprint density at radius 3 is 2.37 bits per heavy atom. The number of methoxy groups -OCH3 is 1. The van der Waals surface area contributed by atoms with E-state index >= 15 is 0 Å². The van der Waals surface area contributed by atoms with Crippen molar-refractivity contribution < 1.29 is 4.74 Å². The van der Waals surface area contributed by atoms with Crippen LogP contribution in [0.2, 0.25) is 5.02 Å². The summed E-state index contributed by atoms with van der Waals surface area (Å²) in [6, 6.07) is 8.35. The van der Waals surface area contributed by atoms with Crippen molar-refractivity contribution in [2.75, 3.05) is 26.8 Å². The van der Waals surface area contributed by atoms with Crippen molar-refractivity contribution in [3.63, 3.8) is 0 Å². The van der Waals surface area contributed by atoms with Crippen LogP contribution < -0.4 is 5.73 Å². The van der Waals surface area contributed by atoms with Crippen LogP contribution in [0.3, 0.4) is 0 Å². The summed E-state index contributed by atoms with van der Waals surface area (Å²) in [5.41, 5.74) is 7.36. The van der Waals surface area contributed by atoms with E-state index in [1.54, 1.807) is 7.11 Å². The Morgan fingerprint density at radius 1 is 1.21 bits per heavy atom. The van der Waals surface area contributed by atoms with E-state index in [-0.39, 0.29) is 6.04 Å². The first-order valence-electron chi connectivity index (χ1n) is 6.78. The van der Waals surface area contributed by atoms with Crippen LogP contribution in [0.15, 0.2) is 24.3 Å². The fourth-order valence-electron chi connectivity index (χ4n) is 2.02. The summed E-state index contributed by atoms with van der Waals surface area (Å²) >= 11 is 5.88. The van der Waals surface area contributed by atoms with Crippen LogP contribution in [0, 0.1) is 0 Å². The van der Waals surface area contributed by atoms with Crippen molar-refractivity contribution in [1.29, 1.82) is 0 Å². The fourth-order valence-corrected chi connectivity index (χ4v) is 2.14. The number of hydrogen-bond acceptors (Lipinski definition) is 3. The second-order valence-corrected chi connectivity index (χ2v) is 5.51. The molecule has 1 atom stereocenters. The minimum Gasteiger partial charge on any atom is -0.383 e. The smallest absolute Gasteiger partial charge is 0.0589 e. The van der Waals surface area contributed by atoms with Gasteiger partial charge in [-0.2, -0.15) is 0 Å². The van der Waals surface area contributed by atoms with Crippen LogP contribution in [0.4, 0.5) is 0 Å². The van der Waals surface area contributed by atoms with Gasteiger partial charge in [0.15, 0.2) is 0 Å². The van der Waals surface area contributed by atoms with Gasteiger partial charge in [-0.05, 0) is 38.0 Å². The molecule has 4 heteroatoms. The van der Waals surface area contributed by atoms with Crippen molar-refractivity contribution >= 4 is 11.6 Å². The monoisotopic (exact) mass is 284 g/mol. The number of hydrogen-bond donors (Lipinski definition) is 1. The standard InChI is InChI=1S/C15H25ClN2O/c1-12(2)18(10-11-19-3)9-8-15(17)13-4-6-14(16)7-5-13/h4-7,12,15H,8-11,17H2,1-3H3. The van der Waals surface area contributed by atoms with Crippen molar-refractivity contribution in [2.24, 2.45) is 5.73 Å². The lowest BCUT2D eigenvalue weighted by Gasteiger charge is -2.27. The Morgan fingerprint density at radius 2 is 1.84 bits per heavy atom. The predicted molar refractivity (Wildman–Crippen MR) is 81.6 cm³/mol. The van der Waals surface area contributed by atoms with Crippen LogP contribution in [-0.2, 0) is 4.74 Å². The van der Waals surface area contributed by atoms with Crippen LogP contribution >= 0.6 is 11.6 Å². The van der Waals surface area contributed by atoms with E-state index in [9.17, 15) is 0 Å². The normalized spacial score (nSPS) is 13.2. The topological polar surface area (TPSA) is 38.5 Å². The molecule has 1 rings (SSSR count). The van der Waals surface area contributed by atoms with E-state index in [1.165, 1.54) is 0 Å². The quantitative estimate of drug-likeness (QED) is 0.797. The lowest BCUT2D eigenvalue weighted by molar-refractivity contribution is 0.127. The van der Waals surface area contributed by atoms with E-state index in [0.29, 0.717) is 6.04 Å². The van der Waals surface area contributed by atoms with Crippen molar-refractivity contribution in [3.05, 3.63) is 34.9 Å². The number of ether oxygens (including phenoxy) is 1. The Hall–Kier alpha value is -0.610. The average molecular weight is 285 g/mol. The third kappa shape index (κ3) is 5.91. The summed E-state index contributed by atoms with van der Waals surface area (Å²) in [4.78, 5) is 2.39. The number of rotatable bonds is 8. The van der Waals surface area contributed by atoms with Gasteiger partial charge in [0.25, 0.3) is 0 Å². The summed E-state index contributed by atoms with van der Waals surface area (Å²) < 4.78 is 5.14. The Balaban J connectivity index is 2.46. The zero-order chi connectivity index (χ0) is 14.3. The molecule has 108 valence electrons. The Labute approximate surface area is 121 Å². The summed E-state index contributed by atoms with van der Waals surface area (Å²) in [5.74, 6) is 0. The van der Waals surface area contributed by atoms with Gasteiger partial charge in [0, 0.05) is 37.3 Å². The zero-order valence-corrected chi connectivity index (χ0v) is 12.9. The molecule has 0 aliphatic heterocycles. The molecular weight excluding hydrogens is 260 g/mol. The highest BCUT2D eigenvalue weighted by atomic mass is 35.5. The molecule has 0 aliphatic rings. The van der Waals surface area contributed by atoms with Gasteiger partial charge >= 0.3 is 0 Å². The lowest BCUT2D eigenvalue weighted by atomic mass is 10.0. The zero-order valence-electron chi connectivity index (χ0n) is 12.1. The molecule has 0 saturated carbocycles. The molecule has 3 nitrogen and oxygen atoms in total. The summed E-state index contributed by atoms with van der Waals surface area (Å²) in [7, 11) is 1.73.